The zero-order chi connectivity index (χ0) is 17.2. The normalized spacial score (nSPS) is 11.7. The molecule has 7 nitrogen and oxygen atoms in total. The number of fused-ring (bicyclic) bond motifs is 1. The average molecular weight is 392 g/mol. The van der Waals surface area contributed by atoms with Gasteiger partial charge in [-0.3, -0.25) is 5.10 Å². The first-order chi connectivity index (χ1) is 11.5. The number of benzene rings is 1. The third kappa shape index (κ3) is 3.48. The number of rotatable bonds is 6. The van der Waals surface area contributed by atoms with E-state index in [1.807, 2.05) is 12.1 Å². The van der Waals surface area contributed by atoms with Crippen LogP contribution in [0.15, 0.2) is 24.5 Å². The van der Waals surface area contributed by atoms with E-state index in [1.54, 1.807) is 13.2 Å². The predicted molar refractivity (Wildman–Crippen MR) is 93.8 cm³/mol. The third-order valence-electron chi connectivity index (χ3n) is 3.62. The maximum Gasteiger partial charge on any atom is 0.226 e. The molecule has 0 fully saturated rings. The lowest BCUT2D eigenvalue weighted by molar-refractivity contribution is 0.383. The number of H-pyrrole nitrogens is 1. The zero-order valence-electron chi connectivity index (χ0n) is 13.7. The van der Waals surface area contributed by atoms with Gasteiger partial charge in [0.1, 0.15) is 17.6 Å². The lowest BCUT2D eigenvalue weighted by atomic mass is 9.87. The molecule has 0 aliphatic carbocycles. The predicted octanol–water partition coefficient (Wildman–Crippen LogP) is 3.51. The molecule has 0 saturated heterocycles. The minimum atomic E-state index is 0.0364. The summed E-state index contributed by atoms with van der Waals surface area (Å²) in [7, 11) is 1.55. The van der Waals surface area contributed by atoms with Gasteiger partial charge in [0.25, 0.3) is 0 Å². The third-order valence-corrected chi connectivity index (χ3v) is 5.14. The van der Waals surface area contributed by atoms with Crippen molar-refractivity contribution in [3.63, 3.8) is 0 Å². The second-order valence-electron chi connectivity index (χ2n) is 6.23. The topological polar surface area (TPSA) is 85.8 Å². The van der Waals surface area contributed by atoms with Gasteiger partial charge in [0.05, 0.1) is 18.7 Å². The highest BCUT2D eigenvalue weighted by molar-refractivity contribution is 9.09. The number of alkyl halides is 1. The number of halogens is 1. The van der Waals surface area contributed by atoms with Gasteiger partial charge in [-0.25, -0.2) is 9.97 Å². The number of methoxy groups -OCH3 is 1. The lowest BCUT2D eigenvalue weighted by Gasteiger charge is -2.23. The summed E-state index contributed by atoms with van der Waals surface area (Å²) in [5.74, 6) is 1.57. The number of nitrogens with one attached hydrogen (secondary N) is 1. The van der Waals surface area contributed by atoms with Gasteiger partial charge in [0.2, 0.25) is 11.8 Å². The molecule has 0 aliphatic heterocycles. The van der Waals surface area contributed by atoms with Gasteiger partial charge < -0.3 is 9.47 Å². The smallest absolute Gasteiger partial charge is 0.226 e. The van der Waals surface area contributed by atoms with Crippen LogP contribution >= 0.6 is 15.9 Å². The van der Waals surface area contributed by atoms with Crippen molar-refractivity contribution >= 4 is 27.0 Å². The van der Waals surface area contributed by atoms with Crippen LogP contribution in [0.25, 0.3) is 11.0 Å². The molecule has 0 amide bonds. The summed E-state index contributed by atoms with van der Waals surface area (Å²) in [4.78, 5) is 8.13. The minimum Gasteiger partial charge on any atom is -0.481 e. The molecule has 2 heterocycles. The van der Waals surface area contributed by atoms with Gasteiger partial charge in [0, 0.05) is 10.9 Å². The Kier molecular flexibility index (Phi) is 4.66. The van der Waals surface area contributed by atoms with Crippen LogP contribution in [0, 0.1) is 5.41 Å². The first kappa shape index (κ1) is 16.6. The molecule has 0 aliphatic rings. The van der Waals surface area contributed by atoms with Crippen molar-refractivity contribution in [3.05, 3.63) is 30.1 Å². The highest BCUT2D eigenvalue weighted by atomic mass is 79.9. The summed E-state index contributed by atoms with van der Waals surface area (Å²) in [6.45, 7) is 4.36. The highest BCUT2D eigenvalue weighted by Crippen LogP contribution is 2.35. The fourth-order valence-electron chi connectivity index (χ4n) is 2.35. The van der Waals surface area contributed by atoms with Crippen LogP contribution in [0.1, 0.15) is 19.4 Å². The molecule has 0 spiro atoms. The number of ether oxygens (including phenoxy) is 2. The number of hydrogen-bond donors (Lipinski definition) is 1. The Morgan fingerprint density at radius 1 is 1.21 bits per heavy atom. The van der Waals surface area contributed by atoms with Crippen molar-refractivity contribution in [2.24, 2.45) is 5.41 Å². The molecule has 1 aromatic carbocycles. The Hall–Kier alpha value is -2.22. The molecule has 24 heavy (non-hydrogen) atoms. The van der Waals surface area contributed by atoms with Crippen molar-refractivity contribution in [3.8, 4) is 17.5 Å². The van der Waals surface area contributed by atoms with E-state index in [-0.39, 0.29) is 5.41 Å². The Balaban J connectivity index is 2.03. The second-order valence-corrected chi connectivity index (χ2v) is 6.79. The van der Waals surface area contributed by atoms with Crippen molar-refractivity contribution in [1.82, 2.24) is 25.4 Å². The summed E-state index contributed by atoms with van der Waals surface area (Å²) in [5, 5.41) is 11.9. The average Bonchev–Trinajstić information content (AvgIpc) is 3.06. The minimum absolute atomic E-state index is 0.0364. The van der Waals surface area contributed by atoms with Gasteiger partial charge in [-0.1, -0.05) is 35.0 Å². The van der Waals surface area contributed by atoms with E-state index in [2.05, 4.69) is 55.2 Å². The largest absolute Gasteiger partial charge is 0.481 e. The highest BCUT2D eigenvalue weighted by Gasteiger charge is 2.23. The molecule has 0 saturated carbocycles. The molecule has 3 aromatic rings. The second kappa shape index (κ2) is 6.72. The summed E-state index contributed by atoms with van der Waals surface area (Å²) in [6, 6.07) is 5.44. The molecule has 2 aromatic heterocycles. The van der Waals surface area contributed by atoms with E-state index < -0.39 is 0 Å². The van der Waals surface area contributed by atoms with Crippen LogP contribution in [0.3, 0.4) is 0 Å². The maximum atomic E-state index is 5.99. The van der Waals surface area contributed by atoms with Crippen LogP contribution in [0.2, 0.25) is 0 Å². The molecule has 0 bridgehead atoms. The van der Waals surface area contributed by atoms with E-state index >= 15 is 0 Å². The first-order valence-electron chi connectivity index (χ1n) is 7.45. The quantitative estimate of drug-likeness (QED) is 0.646. The van der Waals surface area contributed by atoms with Crippen LogP contribution < -0.4 is 9.47 Å². The van der Waals surface area contributed by atoms with E-state index in [9.17, 15) is 0 Å². The van der Waals surface area contributed by atoms with Gasteiger partial charge in [-0.15, -0.1) is 5.10 Å². The Morgan fingerprint density at radius 3 is 2.75 bits per heavy atom. The van der Waals surface area contributed by atoms with E-state index in [1.165, 1.54) is 6.33 Å². The van der Waals surface area contributed by atoms with Crippen LogP contribution in [-0.4, -0.2) is 37.8 Å². The van der Waals surface area contributed by atoms with Crippen LogP contribution in [0.5, 0.6) is 17.5 Å². The zero-order valence-corrected chi connectivity index (χ0v) is 15.3. The lowest BCUT2D eigenvalue weighted by Crippen LogP contribution is -2.17. The van der Waals surface area contributed by atoms with Gasteiger partial charge in [-0.2, -0.15) is 0 Å². The van der Waals surface area contributed by atoms with E-state index in [0.29, 0.717) is 17.5 Å². The van der Waals surface area contributed by atoms with Crippen LogP contribution in [-0.2, 0) is 6.42 Å². The molecule has 3 rings (SSSR count). The first-order valence-corrected chi connectivity index (χ1v) is 8.57. The molecule has 0 unspecified atom stereocenters. The van der Waals surface area contributed by atoms with E-state index in [0.717, 1.165) is 28.3 Å². The molecule has 0 radical (unpaired) electrons. The number of hydrogen-bond acceptors (Lipinski definition) is 6. The maximum absolute atomic E-state index is 5.99. The Labute approximate surface area is 147 Å². The van der Waals surface area contributed by atoms with Gasteiger partial charge in [0.15, 0.2) is 0 Å². The SMILES string of the molecule is COc1cc(Oc2ccc3[nH]nnc3c2CC(C)(C)CBr)ncn1. The summed E-state index contributed by atoms with van der Waals surface area (Å²) in [6.07, 6.45) is 2.19. The fraction of sp³-hybridized carbons (Fsp3) is 0.375. The van der Waals surface area contributed by atoms with E-state index in [4.69, 9.17) is 9.47 Å². The summed E-state index contributed by atoms with van der Waals surface area (Å²) >= 11 is 3.57. The van der Waals surface area contributed by atoms with Gasteiger partial charge in [-0.05, 0) is 24.0 Å². The Bertz CT molecular complexity index is 849. The molecular weight excluding hydrogens is 374 g/mol. The van der Waals surface area contributed by atoms with Crippen molar-refractivity contribution in [1.29, 1.82) is 0 Å². The summed E-state index contributed by atoms with van der Waals surface area (Å²) in [5.41, 5.74) is 2.71. The molecular formula is C16H18BrN5O2. The van der Waals surface area contributed by atoms with Crippen molar-refractivity contribution in [2.75, 3.05) is 12.4 Å². The van der Waals surface area contributed by atoms with Crippen molar-refractivity contribution < 1.29 is 9.47 Å². The molecule has 8 heteroatoms. The molecule has 1 N–H and O–H groups in total. The Morgan fingerprint density at radius 2 is 2.00 bits per heavy atom. The van der Waals surface area contributed by atoms with Crippen molar-refractivity contribution in [2.45, 2.75) is 20.3 Å². The van der Waals surface area contributed by atoms with Gasteiger partial charge >= 0.3 is 0 Å². The van der Waals surface area contributed by atoms with Crippen LogP contribution in [0.4, 0.5) is 0 Å². The number of aromatic nitrogens is 5. The molecule has 126 valence electrons. The standard InChI is InChI=1S/C16H18BrN5O2/c1-16(2,8-17)7-10-12(5-4-11-15(10)21-22-20-11)24-14-6-13(23-3)18-9-19-14/h4-6,9H,7-8H2,1-3H3,(H,20,21,22). The summed E-state index contributed by atoms with van der Waals surface area (Å²) < 4.78 is 11.1. The monoisotopic (exact) mass is 391 g/mol. The molecule has 0 atom stereocenters. The number of aromatic amines is 1. The fourth-order valence-corrected chi connectivity index (χ4v) is 2.54. The number of nitrogens with zero attached hydrogens (tertiary/aromatic N) is 4.